The van der Waals surface area contributed by atoms with E-state index < -0.39 is 17.5 Å². The highest BCUT2D eigenvalue weighted by molar-refractivity contribution is 9.10. The summed E-state index contributed by atoms with van der Waals surface area (Å²) in [5, 5.41) is 0. The maximum Gasteiger partial charge on any atom is 0.573 e. The van der Waals surface area contributed by atoms with E-state index in [9.17, 15) is 17.7 Å². The minimum absolute atomic E-state index is 0.304. The van der Waals surface area contributed by atoms with Crippen molar-refractivity contribution >= 4 is 27.1 Å². The fraction of sp³-hybridized carbons (Fsp3) is 0.176. The molecule has 0 bridgehead atoms. The van der Waals surface area contributed by atoms with Crippen LogP contribution in [0, 0.1) is 0 Å². The summed E-state index contributed by atoms with van der Waals surface area (Å²) >= 11 is 2.10. The fourth-order valence-electron chi connectivity index (χ4n) is 2.35. The van der Waals surface area contributed by atoms with E-state index in [2.05, 4.69) is 30.6 Å². The maximum atomic E-state index is 12.3. The Labute approximate surface area is 164 Å². The van der Waals surface area contributed by atoms with Crippen molar-refractivity contribution in [3.05, 3.63) is 53.5 Å². The smallest absolute Gasteiger partial charge is 0.573 e. The molecule has 0 fully saturated rings. The second-order valence-electron chi connectivity index (χ2n) is 5.34. The van der Waals surface area contributed by atoms with Crippen LogP contribution in [0.25, 0.3) is 17.1 Å². The SMILES string of the molecule is CC[S+]([O-])c1cc(Br)cnc1-c1cn(-c2ccc(OC(F)(F)F)cc2)cn1. The highest BCUT2D eigenvalue weighted by Crippen LogP contribution is 2.29. The third kappa shape index (κ3) is 4.82. The molecule has 1 aromatic carbocycles. The molecule has 0 aliphatic rings. The summed E-state index contributed by atoms with van der Waals surface area (Å²) in [5.41, 5.74) is 1.60. The van der Waals surface area contributed by atoms with Crippen LogP contribution in [0.2, 0.25) is 0 Å². The van der Waals surface area contributed by atoms with Crippen molar-refractivity contribution in [2.75, 3.05) is 5.75 Å². The van der Waals surface area contributed by atoms with Gasteiger partial charge in [0.15, 0.2) is 4.90 Å². The second kappa shape index (κ2) is 7.91. The number of alkyl halides is 3. The monoisotopic (exact) mass is 459 g/mol. The molecule has 3 aromatic rings. The summed E-state index contributed by atoms with van der Waals surface area (Å²) in [5.74, 6) is 0.133. The zero-order valence-electron chi connectivity index (χ0n) is 13.9. The van der Waals surface area contributed by atoms with Crippen molar-refractivity contribution in [1.82, 2.24) is 14.5 Å². The molecule has 2 aromatic heterocycles. The van der Waals surface area contributed by atoms with E-state index in [4.69, 9.17) is 0 Å². The number of hydrogen-bond acceptors (Lipinski definition) is 4. The van der Waals surface area contributed by atoms with Gasteiger partial charge < -0.3 is 13.9 Å². The van der Waals surface area contributed by atoms with Crippen LogP contribution in [0.15, 0.2) is 58.4 Å². The van der Waals surface area contributed by atoms with Crippen LogP contribution in [0.1, 0.15) is 6.92 Å². The lowest BCUT2D eigenvalue weighted by molar-refractivity contribution is -0.274. The number of aromatic nitrogens is 3. The van der Waals surface area contributed by atoms with E-state index >= 15 is 0 Å². The molecule has 0 spiro atoms. The van der Waals surface area contributed by atoms with Crippen LogP contribution in [-0.4, -0.2) is 31.2 Å². The summed E-state index contributed by atoms with van der Waals surface area (Å²) < 4.78 is 55.2. The quantitative estimate of drug-likeness (QED) is 0.517. The predicted octanol–water partition coefficient (Wildman–Crippen LogP) is 4.72. The molecule has 0 amide bonds. The molecule has 1 atom stereocenters. The van der Waals surface area contributed by atoms with Crippen LogP contribution < -0.4 is 4.74 Å². The summed E-state index contributed by atoms with van der Waals surface area (Å²) in [6.45, 7) is 1.81. The Hall–Kier alpha value is -2.04. The molecule has 5 nitrogen and oxygen atoms in total. The van der Waals surface area contributed by atoms with Gasteiger partial charge in [0, 0.05) is 28.6 Å². The summed E-state index contributed by atoms with van der Waals surface area (Å²) in [4.78, 5) is 9.17. The van der Waals surface area contributed by atoms with E-state index in [1.54, 1.807) is 23.0 Å². The molecule has 3 rings (SSSR count). The molecule has 2 heterocycles. The van der Waals surface area contributed by atoms with E-state index in [-0.39, 0.29) is 5.75 Å². The van der Waals surface area contributed by atoms with Gasteiger partial charge >= 0.3 is 6.36 Å². The number of pyridine rings is 1. The fourth-order valence-corrected chi connectivity index (χ4v) is 3.77. The Kier molecular flexibility index (Phi) is 5.78. The maximum absolute atomic E-state index is 12.3. The summed E-state index contributed by atoms with van der Waals surface area (Å²) in [6, 6.07) is 7.14. The lowest BCUT2D eigenvalue weighted by Crippen LogP contribution is -2.17. The molecule has 0 saturated heterocycles. The van der Waals surface area contributed by atoms with Crippen molar-refractivity contribution in [1.29, 1.82) is 0 Å². The van der Waals surface area contributed by atoms with Gasteiger partial charge in [-0.1, -0.05) is 0 Å². The number of ether oxygens (including phenoxy) is 1. The van der Waals surface area contributed by atoms with Crippen LogP contribution in [0.3, 0.4) is 0 Å². The lowest BCUT2D eigenvalue weighted by atomic mass is 10.3. The molecular weight excluding hydrogens is 447 g/mol. The first-order chi connectivity index (χ1) is 12.8. The Morgan fingerprint density at radius 2 is 1.93 bits per heavy atom. The molecular formula is C17H13BrF3N3O2S. The topological polar surface area (TPSA) is 63.0 Å². The van der Waals surface area contributed by atoms with Gasteiger partial charge in [0.25, 0.3) is 0 Å². The highest BCUT2D eigenvalue weighted by Gasteiger charge is 2.31. The van der Waals surface area contributed by atoms with Gasteiger partial charge in [-0.05, 0) is 58.3 Å². The van der Waals surface area contributed by atoms with Gasteiger partial charge in [-0.3, -0.25) is 0 Å². The Morgan fingerprint density at radius 1 is 1.22 bits per heavy atom. The van der Waals surface area contributed by atoms with Gasteiger partial charge in [0.1, 0.15) is 22.9 Å². The average Bonchev–Trinajstić information content (AvgIpc) is 3.10. The van der Waals surface area contributed by atoms with E-state index in [0.29, 0.717) is 32.2 Å². The van der Waals surface area contributed by atoms with Crippen LogP contribution in [0.5, 0.6) is 5.75 Å². The largest absolute Gasteiger partial charge is 0.611 e. The van der Waals surface area contributed by atoms with E-state index in [1.165, 1.54) is 30.6 Å². The zero-order valence-corrected chi connectivity index (χ0v) is 16.3. The van der Waals surface area contributed by atoms with E-state index in [0.717, 1.165) is 0 Å². The van der Waals surface area contributed by atoms with Gasteiger partial charge in [-0.15, -0.1) is 13.2 Å². The van der Waals surface area contributed by atoms with Gasteiger partial charge in [0.2, 0.25) is 0 Å². The van der Waals surface area contributed by atoms with E-state index in [1.807, 2.05) is 6.92 Å². The van der Waals surface area contributed by atoms with Gasteiger partial charge in [-0.2, -0.15) is 0 Å². The van der Waals surface area contributed by atoms with Gasteiger partial charge in [-0.25, -0.2) is 9.97 Å². The normalized spacial score (nSPS) is 12.8. The number of nitrogens with zero attached hydrogens (tertiary/aromatic N) is 3. The number of hydrogen-bond donors (Lipinski definition) is 0. The first-order valence-electron chi connectivity index (χ1n) is 7.71. The zero-order chi connectivity index (χ0) is 19.6. The number of rotatable bonds is 5. The van der Waals surface area contributed by atoms with Crippen molar-refractivity contribution in [3.8, 4) is 22.8 Å². The molecule has 0 aliphatic carbocycles. The summed E-state index contributed by atoms with van der Waals surface area (Å²) in [6.07, 6.45) is 0.0415. The van der Waals surface area contributed by atoms with Crippen molar-refractivity contribution in [3.63, 3.8) is 0 Å². The Balaban J connectivity index is 1.90. The molecule has 0 saturated carbocycles. The molecule has 10 heteroatoms. The van der Waals surface area contributed by atoms with Crippen molar-refractivity contribution < 1.29 is 22.5 Å². The average molecular weight is 460 g/mol. The molecule has 0 radical (unpaired) electrons. The van der Waals surface area contributed by atoms with Crippen LogP contribution >= 0.6 is 15.9 Å². The molecule has 142 valence electrons. The molecule has 0 N–H and O–H groups in total. The minimum Gasteiger partial charge on any atom is -0.611 e. The minimum atomic E-state index is -4.73. The molecule has 1 unspecified atom stereocenters. The Morgan fingerprint density at radius 3 is 2.56 bits per heavy atom. The third-order valence-electron chi connectivity index (χ3n) is 3.52. The van der Waals surface area contributed by atoms with Crippen LogP contribution in [-0.2, 0) is 11.2 Å². The molecule has 27 heavy (non-hydrogen) atoms. The van der Waals surface area contributed by atoms with Crippen LogP contribution in [0.4, 0.5) is 13.2 Å². The molecule has 0 aliphatic heterocycles. The number of imidazole rings is 1. The van der Waals surface area contributed by atoms with Crippen molar-refractivity contribution in [2.24, 2.45) is 0 Å². The number of benzene rings is 1. The Bertz CT molecular complexity index is 932. The third-order valence-corrected chi connectivity index (χ3v) is 5.28. The predicted molar refractivity (Wildman–Crippen MR) is 98.1 cm³/mol. The van der Waals surface area contributed by atoms with Crippen molar-refractivity contribution in [2.45, 2.75) is 18.2 Å². The highest BCUT2D eigenvalue weighted by atomic mass is 79.9. The van der Waals surface area contributed by atoms with Gasteiger partial charge in [0.05, 0.1) is 6.33 Å². The number of halogens is 4. The standard InChI is InChI=1S/C17H13BrF3N3O2S/c1-2-27(25)15-7-11(18)8-22-16(15)14-9-24(10-23-14)12-3-5-13(6-4-12)26-17(19,20)21/h3-10H,2H2,1H3. The second-order valence-corrected chi connectivity index (χ2v) is 7.97. The first-order valence-corrected chi connectivity index (χ1v) is 9.82. The first kappa shape index (κ1) is 19.7. The lowest BCUT2D eigenvalue weighted by Gasteiger charge is -2.11. The summed E-state index contributed by atoms with van der Waals surface area (Å²) in [7, 11) is 0.